The molecule has 1 fully saturated rings. The zero-order valence-electron chi connectivity index (χ0n) is 13.7. The smallest absolute Gasteiger partial charge is 0.256 e. The predicted octanol–water partition coefficient (Wildman–Crippen LogP) is 1.43. The summed E-state index contributed by atoms with van der Waals surface area (Å²) in [6, 6.07) is 3.11. The van der Waals surface area contributed by atoms with Gasteiger partial charge < -0.3 is 4.90 Å². The van der Waals surface area contributed by atoms with Gasteiger partial charge in [0.1, 0.15) is 6.04 Å². The van der Waals surface area contributed by atoms with E-state index in [4.69, 9.17) is 0 Å². The number of imide groups is 1. The molecule has 1 saturated heterocycles. The molecule has 0 bridgehead atoms. The summed E-state index contributed by atoms with van der Waals surface area (Å²) in [5.41, 5.74) is 2.36. The number of carbonyl (C=O) groups excluding carboxylic acids is 3. The Kier molecular flexibility index (Phi) is 3.70. The van der Waals surface area contributed by atoms with E-state index in [1.165, 1.54) is 4.90 Å². The van der Waals surface area contributed by atoms with E-state index in [0.717, 1.165) is 17.8 Å². The Morgan fingerprint density at radius 2 is 2.00 bits per heavy atom. The number of piperidine rings is 1. The van der Waals surface area contributed by atoms with E-state index in [1.54, 1.807) is 6.07 Å². The number of fused-ring (bicyclic) bond motifs is 1. The van der Waals surface area contributed by atoms with Crippen molar-refractivity contribution in [1.29, 1.82) is 0 Å². The quantitative estimate of drug-likeness (QED) is 0.837. The van der Waals surface area contributed by atoms with Crippen molar-refractivity contribution in [1.82, 2.24) is 15.2 Å². The van der Waals surface area contributed by atoms with Gasteiger partial charge in [0, 0.05) is 12.1 Å². The lowest BCUT2D eigenvalue weighted by atomic mass is 9.90. The van der Waals surface area contributed by atoms with Crippen LogP contribution in [-0.4, -0.2) is 33.6 Å². The van der Waals surface area contributed by atoms with Crippen molar-refractivity contribution in [3.63, 3.8) is 0 Å². The van der Waals surface area contributed by atoms with Gasteiger partial charge in [0.05, 0.1) is 17.8 Å². The monoisotopic (exact) mass is 315 g/mol. The van der Waals surface area contributed by atoms with E-state index in [-0.39, 0.29) is 23.7 Å². The topological polar surface area (TPSA) is 79.4 Å². The maximum atomic E-state index is 12.5. The molecule has 0 aliphatic carbocycles. The number of hydrogen-bond donors (Lipinski definition) is 1. The molecule has 0 radical (unpaired) electrons. The van der Waals surface area contributed by atoms with E-state index in [1.807, 2.05) is 6.07 Å². The second-order valence-corrected chi connectivity index (χ2v) is 7.43. The molecule has 3 amide bonds. The number of carbonyl (C=O) groups is 3. The highest BCUT2D eigenvalue weighted by Crippen LogP contribution is 2.28. The number of nitrogens with one attached hydrogen (secondary N) is 1. The standard InChI is InChI=1S/C17H21N3O3/c1-17(2,3)8-10-4-5-11-12(18-10)9-20(16(11)23)13-6-7-14(21)19-15(13)22/h4-5,13H,6-9H2,1-3H3,(H,19,21,22). The molecular formula is C17H21N3O3. The van der Waals surface area contributed by atoms with Crippen molar-refractivity contribution in [2.75, 3.05) is 0 Å². The summed E-state index contributed by atoms with van der Waals surface area (Å²) >= 11 is 0. The SMILES string of the molecule is CC(C)(C)Cc1ccc2c(n1)CN(C1CCC(=O)NC1=O)C2=O. The molecule has 1 unspecified atom stereocenters. The van der Waals surface area contributed by atoms with Crippen LogP contribution in [0.1, 0.15) is 55.4 Å². The van der Waals surface area contributed by atoms with Gasteiger partial charge in [-0.25, -0.2) is 0 Å². The number of hydrogen-bond acceptors (Lipinski definition) is 4. The Labute approximate surface area is 135 Å². The van der Waals surface area contributed by atoms with Crippen molar-refractivity contribution >= 4 is 17.7 Å². The lowest BCUT2D eigenvalue weighted by Gasteiger charge is -2.29. The molecule has 3 heterocycles. The maximum absolute atomic E-state index is 12.5. The van der Waals surface area contributed by atoms with Crippen LogP contribution in [0.4, 0.5) is 0 Å². The van der Waals surface area contributed by atoms with Crippen LogP contribution < -0.4 is 5.32 Å². The zero-order valence-corrected chi connectivity index (χ0v) is 13.7. The molecule has 1 atom stereocenters. The summed E-state index contributed by atoms with van der Waals surface area (Å²) in [6.07, 6.45) is 1.46. The second kappa shape index (κ2) is 5.44. The highest BCUT2D eigenvalue weighted by Gasteiger charge is 2.39. The lowest BCUT2D eigenvalue weighted by Crippen LogP contribution is -2.52. The molecular weight excluding hydrogens is 294 g/mol. The summed E-state index contributed by atoms with van der Waals surface area (Å²) in [4.78, 5) is 41.9. The summed E-state index contributed by atoms with van der Waals surface area (Å²) in [5.74, 6) is -0.845. The van der Waals surface area contributed by atoms with E-state index in [9.17, 15) is 14.4 Å². The van der Waals surface area contributed by atoms with Crippen molar-refractivity contribution < 1.29 is 14.4 Å². The molecule has 122 valence electrons. The Bertz CT molecular complexity index is 691. The van der Waals surface area contributed by atoms with Gasteiger partial charge in [-0.15, -0.1) is 0 Å². The lowest BCUT2D eigenvalue weighted by molar-refractivity contribution is -0.136. The van der Waals surface area contributed by atoms with E-state index >= 15 is 0 Å². The van der Waals surface area contributed by atoms with Gasteiger partial charge in [0.2, 0.25) is 11.8 Å². The van der Waals surface area contributed by atoms with Gasteiger partial charge in [-0.2, -0.15) is 0 Å². The minimum Gasteiger partial charge on any atom is -0.321 e. The fourth-order valence-electron chi connectivity index (χ4n) is 3.12. The van der Waals surface area contributed by atoms with Crippen LogP contribution in [0.2, 0.25) is 0 Å². The largest absolute Gasteiger partial charge is 0.321 e. The first-order valence-corrected chi connectivity index (χ1v) is 7.88. The zero-order chi connectivity index (χ0) is 16.8. The summed E-state index contributed by atoms with van der Waals surface area (Å²) in [5, 5.41) is 2.30. The first-order valence-electron chi connectivity index (χ1n) is 7.88. The summed E-state index contributed by atoms with van der Waals surface area (Å²) in [7, 11) is 0. The number of rotatable bonds is 2. The molecule has 2 aliphatic rings. The van der Waals surface area contributed by atoms with Crippen LogP contribution in [0, 0.1) is 5.41 Å². The summed E-state index contributed by atoms with van der Waals surface area (Å²) < 4.78 is 0. The molecule has 0 saturated carbocycles. The highest BCUT2D eigenvalue weighted by atomic mass is 16.2. The van der Waals surface area contributed by atoms with Crippen LogP contribution in [0.5, 0.6) is 0 Å². The molecule has 6 heteroatoms. The number of nitrogens with zero attached hydrogens (tertiary/aromatic N) is 2. The van der Waals surface area contributed by atoms with Gasteiger partial charge in [-0.05, 0) is 30.4 Å². The van der Waals surface area contributed by atoms with Crippen molar-refractivity contribution in [3.05, 3.63) is 29.1 Å². The molecule has 2 aliphatic heterocycles. The third-order valence-electron chi connectivity index (χ3n) is 4.14. The van der Waals surface area contributed by atoms with E-state index in [0.29, 0.717) is 18.5 Å². The normalized spacial score (nSPS) is 21.4. The van der Waals surface area contributed by atoms with Crippen LogP contribution in [0.25, 0.3) is 0 Å². The predicted molar refractivity (Wildman–Crippen MR) is 83.4 cm³/mol. The average Bonchev–Trinajstić information content (AvgIpc) is 2.74. The Morgan fingerprint density at radius 1 is 1.26 bits per heavy atom. The minimum absolute atomic E-state index is 0.118. The summed E-state index contributed by atoms with van der Waals surface area (Å²) in [6.45, 7) is 6.76. The number of aromatic nitrogens is 1. The van der Waals surface area contributed by atoms with Crippen LogP contribution in [-0.2, 0) is 22.6 Å². The van der Waals surface area contributed by atoms with E-state index in [2.05, 4.69) is 31.1 Å². The fraction of sp³-hybridized carbons (Fsp3) is 0.529. The average molecular weight is 315 g/mol. The van der Waals surface area contributed by atoms with Gasteiger partial charge in [0.15, 0.2) is 0 Å². The molecule has 1 aromatic heterocycles. The first-order chi connectivity index (χ1) is 10.7. The van der Waals surface area contributed by atoms with Crippen LogP contribution >= 0.6 is 0 Å². The van der Waals surface area contributed by atoms with Crippen LogP contribution in [0.3, 0.4) is 0 Å². The Balaban J connectivity index is 1.81. The molecule has 0 aromatic carbocycles. The van der Waals surface area contributed by atoms with Crippen molar-refractivity contribution in [3.8, 4) is 0 Å². The van der Waals surface area contributed by atoms with E-state index < -0.39 is 11.9 Å². The number of pyridine rings is 1. The third kappa shape index (κ3) is 3.11. The van der Waals surface area contributed by atoms with Gasteiger partial charge in [-0.1, -0.05) is 20.8 Å². The molecule has 6 nitrogen and oxygen atoms in total. The van der Waals surface area contributed by atoms with Crippen LogP contribution in [0.15, 0.2) is 12.1 Å². The molecule has 23 heavy (non-hydrogen) atoms. The fourth-order valence-corrected chi connectivity index (χ4v) is 3.12. The Hall–Kier alpha value is -2.24. The molecule has 1 N–H and O–H groups in total. The Morgan fingerprint density at radius 3 is 2.65 bits per heavy atom. The number of amides is 3. The van der Waals surface area contributed by atoms with Gasteiger partial charge >= 0.3 is 0 Å². The molecule has 3 rings (SSSR count). The van der Waals surface area contributed by atoms with Crippen molar-refractivity contribution in [2.24, 2.45) is 5.41 Å². The van der Waals surface area contributed by atoms with Gasteiger partial charge in [0.25, 0.3) is 5.91 Å². The molecule has 0 spiro atoms. The first kappa shape index (κ1) is 15.6. The highest BCUT2D eigenvalue weighted by molar-refractivity contribution is 6.05. The second-order valence-electron chi connectivity index (χ2n) is 7.43. The third-order valence-corrected chi connectivity index (χ3v) is 4.14. The van der Waals surface area contributed by atoms with Crippen molar-refractivity contribution in [2.45, 2.75) is 52.6 Å². The maximum Gasteiger partial charge on any atom is 0.256 e. The van der Waals surface area contributed by atoms with Gasteiger partial charge in [-0.3, -0.25) is 24.7 Å². The molecule has 1 aromatic rings. The minimum atomic E-state index is -0.583.